The average molecular weight is 313 g/mol. The van der Waals surface area contributed by atoms with Crippen LogP contribution in [-0.4, -0.2) is 34.8 Å². The van der Waals surface area contributed by atoms with Gasteiger partial charge in [0.15, 0.2) is 5.82 Å². The maximum atomic E-state index is 12.6. The van der Waals surface area contributed by atoms with Crippen molar-refractivity contribution < 1.29 is 4.79 Å². The highest BCUT2D eigenvalue weighted by atomic mass is 35.5. The predicted molar refractivity (Wildman–Crippen MR) is 85.8 cm³/mol. The fourth-order valence-corrected chi connectivity index (χ4v) is 3.00. The Labute approximate surface area is 132 Å². The van der Waals surface area contributed by atoms with Crippen LogP contribution in [0.1, 0.15) is 16.8 Å². The molecule has 0 atom stereocenters. The third-order valence-electron chi connectivity index (χ3n) is 3.77. The van der Waals surface area contributed by atoms with Gasteiger partial charge in [-0.25, -0.2) is 4.98 Å². The van der Waals surface area contributed by atoms with Crippen molar-refractivity contribution in [2.75, 3.05) is 18.0 Å². The van der Waals surface area contributed by atoms with Crippen LogP contribution in [0.3, 0.4) is 0 Å². The second-order valence-corrected chi connectivity index (χ2v) is 5.62. The second kappa shape index (κ2) is 5.10. The van der Waals surface area contributed by atoms with Crippen LogP contribution in [0.5, 0.6) is 0 Å². The van der Waals surface area contributed by atoms with Gasteiger partial charge in [0.25, 0.3) is 5.91 Å². The van der Waals surface area contributed by atoms with Gasteiger partial charge in [0.1, 0.15) is 0 Å². The first-order valence-corrected chi connectivity index (χ1v) is 7.50. The highest BCUT2D eigenvalue weighted by Gasteiger charge is 2.37. The van der Waals surface area contributed by atoms with Crippen molar-refractivity contribution in [3.05, 3.63) is 53.2 Å². The molecule has 0 spiro atoms. The zero-order valence-electron chi connectivity index (χ0n) is 11.7. The molecule has 0 radical (unpaired) electrons. The lowest BCUT2D eigenvalue weighted by atomic mass is 10.1. The van der Waals surface area contributed by atoms with Gasteiger partial charge in [-0.3, -0.25) is 19.6 Å². The Morgan fingerprint density at radius 3 is 2.95 bits per heavy atom. The number of fused-ring (bicyclic) bond motifs is 2. The summed E-state index contributed by atoms with van der Waals surface area (Å²) in [5.41, 5.74) is 1.44. The summed E-state index contributed by atoms with van der Waals surface area (Å²) in [7, 11) is 0. The highest BCUT2D eigenvalue weighted by molar-refractivity contribution is 6.31. The molecular formula is C16H13ClN4O. The number of amides is 1. The number of carbonyl (C=O) groups is 1. The number of nitrogens with zero attached hydrogens (tertiary/aromatic N) is 4. The first kappa shape index (κ1) is 13.3. The van der Waals surface area contributed by atoms with Crippen molar-refractivity contribution >= 4 is 35.0 Å². The van der Waals surface area contributed by atoms with E-state index in [1.54, 1.807) is 23.2 Å². The van der Waals surface area contributed by atoms with Crippen molar-refractivity contribution in [1.82, 2.24) is 9.88 Å². The summed E-state index contributed by atoms with van der Waals surface area (Å²) in [6.07, 6.45) is 2.55. The quantitative estimate of drug-likeness (QED) is 0.813. The molecule has 1 amide bonds. The standard InChI is InChI=1S/C16H13ClN4O/c17-11-4-1-5-12(10-11)21-14-13(6-2-7-18-14)15(22)20-9-3-8-19-16(20)21/h1-2,4-7,10H,3,8-9H2. The van der Waals surface area contributed by atoms with Gasteiger partial charge >= 0.3 is 0 Å². The lowest BCUT2D eigenvalue weighted by molar-refractivity contribution is 0.0834. The van der Waals surface area contributed by atoms with E-state index < -0.39 is 0 Å². The monoisotopic (exact) mass is 312 g/mol. The zero-order valence-corrected chi connectivity index (χ0v) is 12.5. The van der Waals surface area contributed by atoms with Gasteiger partial charge < -0.3 is 0 Å². The molecule has 1 aromatic heterocycles. The lowest BCUT2D eigenvalue weighted by Crippen LogP contribution is -2.52. The summed E-state index contributed by atoms with van der Waals surface area (Å²) in [6, 6.07) is 11.1. The van der Waals surface area contributed by atoms with E-state index in [-0.39, 0.29) is 5.91 Å². The molecule has 0 N–H and O–H groups in total. The molecule has 3 heterocycles. The van der Waals surface area contributed by atoms with E-state index in [9.17, 15) is 4.79 Å². The van der Waals surface area contributed by atoms with E-state index >= 15 is 0 Å². The first-order valence-electron chi connectivity index (χ1n) is 7.13. The van der Waals surface area contributed by atoms with Crippen molar-refractivity contribution in [3.63, 3.8) is 0 Å². The van der Waals surface area contributed by atoms with Gasteiger partial charge in [0, 0.05) is 24.3 Å². The van der Waals surface area contributed by atoms with Gasteiger partial charge in [0.2, 0.25) is 5.96 Å². The maximum Gasteiger partial charge on any atom is 0.264 e. The molecule has 110 valence electrons. The van der Waals surface area contributed by atoms with Crippen LogP contribution < -0.4 is 4.90 Å². The van der Waals surface area contributed by atoms with Crippen LogP contribution in [0.2, 0.25) is 5.02 Å². The number of guanidine groups is 1. The number of rotatable bonds is 1. The highest BCUT2D eigenvalue weighted by Crippen LogP contribution is 2.35. The number of carbonyl (C=O) groups excluding carboxylic acids is 1. The molecular weight excluding hydrogens is 300 g/mol. The lowest BCUT2D eigenvalue weighted by Gasteiger charge is -2.39. The van der Waals surface area contributed by atoms with E-state index in [1.807, 2.05) is 29.2 Å². The maximum absolute atomic E-state index is 12.6. The van der Waals surface area contributed by atoms with Crippen LogP contribution in [0.15, 0.2) is 47.6 Å². The largest absolute Gasteiger partial charge is 0.278 e. The molecule has 0 fully saturated rings. The molecule has 4 rings (SSSR count). The normalized spacial score (nSPS) is 17.0. The Bertz CT molecular complexity index is 789. The minimum atomic E-state index is -0.0418. The molecule has 0 bridgehead atoms. The number of hydrogen-bond acceptors (Lipinski definition) is 4. The Balaban J connectivity index is 1.95. The number of aromatic nitrogens is 1. The van der Waals surface area contributed by atoms with E-state index in [0.717, 1.165) is 12.1 Å². The Morgan fingerprint density at radius 2 is 2.09 bits per heavy atom. The number of anilines is 2. The molecule has 0 aliphatic carbocycles. The number of benzene rings is 1. The fraction of sp³-hybridized carbons (Fsp3) is 0.188. The van der Waals surface area contributed by atoms with Crippen LogP contribution in [0.25, 0.3) is 0 Å². The van der Waals surface area contributed by atoms with Crippen LogP contribution in [0, 0.1) is 0 Å². The number of hydrogen-bond donors (Lipinski definition) is 0. The molecule has 22 heavy (non-hydrogen) atoms. The number of aliphatic imine (C=N–C) groups is 1. The van der Waals surface area contributed by atoms with Gasteiger partial charge in [-0.15, -0.1) is 0 Å². The van der Waals surface area contributed by atoms with Crippen molar-refractivity contribution in [2.24, 2.45) is 4.99 Å². The van der Waals surface area contributed by atoms with Gasteiger partial charge in [-0.1, -0.05) is 17.7 Å². The zero-order chi connectivity index (χ0) is 15.1. The number of halogens is 1. The smallest absolute Gasteiger partial charge is 0.264 e. The van der Waals surface area contributed by atoms with E-state index in [0.29, 0.717) is 35.5 Å². The third kappa shape index (κ3) is 1.97. The summed E-state index contributed by atoms with van der Waals surface area (Å²) < 4.78 is 0. The minimum absolute atomic E-state index is 0.0418. The van der Waals surface area contributed by atoms with E-state index in [2.05, 4.69) is 9.98 Å². The third-order valence-corrected chi connectivity index (χ3v) is 4.01. The van der Waals surface area contributed by atoms with Crippen molar-refractivity contribution in [1.29, 1.82) is 0 Å². The molecule has 6 heteroatoms. The molecule has 0 unspecified atom stereocenters. The fourth-order valence-electron chi connectivity index (χ4n) is 2.81. The van der Waals surface area contributed by atoms with Crippen molar-refractivity contribution in [3.8, 4) is 0 Å². The molecule has 0 saturated carbocycles. The molecule has 0 saturated heterocycles. The van der Waals surface area contributed by atoms with E-state index in [4.69, 9.17) is 11.6 Å². The van der Waals surface area contributed by atoms with Gasteiger partial charge in [0.05, 0.1) is 11.3 Å². The van der Waals surface area contributed by atoms with Crippen molar-refractivity contribution in [2.45, 2.75) is 6.42 Å². The molecule has 2 aliphatic heterocycles. The first-order chi connectivity index (χ1) is 10.8. The molecule has 2 aromatic rings. The van der Waals surface area contributed by atoms with Gasteiger partial charge in [-0.2, -0.15) is 0 Å². The van der Waals surface area contributed by atoms with E-state index in [1.165, 1.54) is 0 Å². The SMILES string of the molecule is O=C1c2cccnc2N(c2cccc(Cl)c2)C2=NCCCN12. The topological polar surface area (TPSA) is 48.8 Å². The minimum Gasteiger partial charge on any atom is -0.278 e. The number of pyridine rings is 1. The summed E-state index contributed by atoms with van der Waals surface area (Å²) >= 11 is 6.13. The Kier molecular flexibility index (Phi) is 3.08. The predicted octanol–water partition coefficient (Wildman–Crippen LogP) is 3.09. The molecule has 2 aliphatic rings. The average Bonchev–Trinajstić information content (AvgIpc) is 2.55. The summed E-state index contributed by atoms with van der Waals surface area (Å²) in [5.74, 6) is 1.19. The summed E-state index contributed by atoms with van der Waals surface area (Å²) in [5, 5.41) is 0.634. The van der Waals surface area contributed by atoms with Gasteiger partial charge in [-0.05, 0) is 36.8 Å². The Morgan fingerprint density at radius 1 is 1.18 bits per heavy atom. The second-order valence-electron chi connectivity index (χ2n) is 5.18. The van der Waals surface area contributed by atoms with Crippen LogP contribution in [0.4, 0.5) is 11.5 Å². The van der Waals surface area contributed by atoms with Crippen LogP contribution >= 0.6 is 11.6 Å². The molecule has 1 aromatic carbocycles. The van der Waals surface area contributed by atoms with Crippen LogP contribution in [-0.2, 0) is 0 Å². The summed E-state index contributed by atoms with van der Waals surface area (Å²) in [4.78, 5) is 25.2. The molecule has 5 nitrogen and oxygen atoms in total. The summed E-state index contributed by atoms with van der Waals surface area (Å²) in [6.45, 7) is 1.38. The Hall–Kier alpha value is -2.40.